The van der Waals surface area contributed by atoms with E-state index in [0.717, 1.165) is 0 Å². The lowest BCUT2D eigenvalue weighted by molar-refractivity contribution is 0.309. The van der Waals surface area contributed by atoms with Crippen LogP contribution in [-0.4, -0.2) is 33.4 Å². The predicted molar refractivity (Wildman–Crippen MR) is 77.3 cm³/mol. The first-order chi connectivity index (χ1) is 8.58. The number of methoxy groups -OCH3 is 1. The molecule has 0 saturated carbocycles. The van der Waals surface area contributed by atoms with Gasteiger partial charge in [-0.1, -0.05) is 32.4 Å². The van der Waals surface area contributed by atoms with E-state index in [9.17, 15) is 8.42 Å². The summed E-state index contributed by atoms with van der Waals surface area (Å²) < 4.78 is 31.5. The second kappa shape index (κ2) is 5.69. The molecule has 1 rings (SSSR count). The van der Waals surface area contributed by atoms with Crippen LogP contribution in [-0.2, 0) is 10.0 Å². The van der Waals surface area contributed by atoms with Gasteiger partial charge in [-0.15, -0.1) is 0 Å². The summed E-state index contributed by atoms with van der Waals surface area (Å²) in [6.45, 7) is 6.35. The molecule has 0 radical (unpaired) electrons. The summed E-state index contributed by atoms with van der Waals surface area (Å²) in [6.07, 6.45) is 0. The van der Waals surface area contributed by atoms with E-state index in [1.54, 1.807) is 19.2 Å². The number of ether oxygens (including phenoxy) is 1. The third-order valence-corrected chi connectivity index (χ3v) is 4.57. The summed E-state index contributed by atoms with van der Waals surface area (Å²) >= 11 is 5.88. The second-order valence-electron chi connectivity index (χ2n) is 5.62. The summed E-state index contributed by atoms with van der Waals surface area (Å²) in [5.74, 6) is 0.296. The molecule has 19 heavy (non-hydrogen) atoms. The molecular weight excluding hydrogens is 286 g/mol. The molecule has 6 heteroatoms. The standard InChI is InChI=1S/C13H20ClNO3S/c1-13(2,3)9-15(4)19(16,17)12-8-10(14)6-7-11(12)18-5/h6-8H,9H2,1-5H3. The van der Waals surface area contributed by atoms with Gasteiger partial charge in [0, 0.05) is 18.6 Å². The Morgan fingerprint density at radius 2 is 1.89 bits per heavy atom. The molecule has 0 spiro atoms. The van der Waals surface area contributed by atoms with E-state index in [4.69, 9.17) is 16.3 Å². The van der Waals surface area contributed by atoms with Crippen molar-refractivity contribution in [2.24, 2.45) is 5.41 Å². The van der Waals surface area contributed by atoms with Crippen LogP contribution in [0.4, 0.5) is 0 Å². The van der Waals surface area contributed by atoms with Gasteiger partial charge >= 0.3 is 0 Å². The smallest absolute Gasteiger partial charge is 0.246 e. The number of hydrogen-bond acceptors (Lipinski definition) is 3. The third-order valence-electron chi connectivity index (χ3n) is 2.51. The lowest BCUT2D eigenvalue weighted by Crippen LogP contribution is -2.34. The summed E-state index contributed by atoms with van der Waals surface area (Å²) in [6, 6.07) is 4.57. The Morgan fingerprint density at radius 3 is 2.37 bits per heavy atom. The van der Waals surface area contributed by atoms with Crippen molar-refractivity contribution in [1.29, 1.82) is 0 Å². The van der Waals surface area contributed by atoms with E-state index in [-0.39, 0.29) is 10.3 Å². The number of sulfonamides is 1. The van der Waals surface area contributed by atoms with Crippen molar-refractivity contribution in [1.82, 2.24) is 4.31 Å². The van der Waals surface area contributed by atoms with Crippen LogP contribution in [0.1, 0.15) is 20.8 Å². The zero-order chi connectivity index (χ0) is 14.8. The molecule has 0 amide bonds. The zero-order valence-electron chi connectivity index (χ0n) is 11.9. The molecule has 0 aliphatic heterocycles. The lowest BCUT2D eigenvalue weighted by atomic mass is 9.97. The van der Waals surface area contributed by atoms with Crippen LogP contribution in [0.25, 0.3) is 0 Å². The largest absolute Gasteiger partial charge is 0.495 e. The molecule has 0 aliphatic carbocycles. The van der Waals surface area contributed by atoms with Gasteiger partial charge in [-0.2, -0.15) is 0 Å². The SMILES string of the molecule is COc1ccc(Cl)cc1S(=O)(=O)N(C)CC(C)(C)C. The molecule has 0 saturated heterocycles. The fraction of sp³-hybridized carbons (Fsp3) is 0.538. The van der Waals surface area contributed by atoms with Gasteiger partial charge in [-0.3, -0.25) is 0 Å². The Morgan fingerprint density at radius 1 is 1.32 bits per heavy atom. The average Bonchev–Trinajstić information content (AvgIpc) is 2.26. The Labute approximate surface area is 120 Å². The molecule has 0 N–H and O–H groups in total. The molecule has 4 nitrogen and oxygen atoms in total. The van der Waals surface area contributed by atoms with Crippen molar-refractivity contribution in [3.8, 4) is 5.75 Å². The molecule has 108 valence electrons. The van der Waals surface area contributed by atoms with Crippen LogP contribution in [0.5, 0.6) is 5.75 Å². The van der Waals surface area contributed by atoms with Gasteiger partial charge < -0.3 is 4.74 Å². The quantitative estimate of drug-likeness (QED) is 0.859. The summed E-state index contributed by atoms with van der Waals surface area (Å²) in [4.78, 5) is 0.0919. The summed E-state index contributed by atoms with van der Waals surface area (Å²) in [5.41, 5.74) is -0.131. The van der Waals surface area contributed by atoms with Gasteiger partial charge in [0.05, 0.1) is 7.11 Å². The predicted octanol–water partition coefficient (Wildman–Crippen LogP) is 3.02. The van der Waals surface area contributed by atoms with Crippen molar-refractivity contribution in [2.75, 3.05) is 20.7 Å². The number of rotatable bonds is 4. The van der Waals surface area contributed by atoms with Crippen LogP contribution in [0.2, 0.25) is 5.02 Å². The average molecular weight is 306 g/mol. The second-order valence-corrected chi connectivity index (χ2v) is 8.07. The van der Waals surface area contributed by atoms with Crippen molar-refractivity contribution < 1.29 is 13.2 Å². The molecule has 0 aromatic heterocycles. The highest BCUT2D eigenvalue weighted by molar-refractivity contribution is 7.89. The van der Waals surface area contributed by atoms with E-state index in [1.165, 1.54) is 17.5 Å². The first kappa shape index (κ1) is 16.3. The highest BCUT2D eigenvalue weighted by Crippen LogP contribution is 2.30. The van der Waals surface area contributed by atoms with Crippen LogP contribution in [0, 0.1) is 5.41 Å². The monoisotopic (exact) mass is 305 g/mol. The maximum absolute atomic E-state index is 12.5. The van der Waals surface area contributed by atoms with E-state index in [0.29, 0.717) is 17.3 Å². The van der Waals surface area contributed by atoms with E-state index >= 15 is 0 Å². The molecule has 1 aromatic carbocycles. The molecule has 1 aromatic rings. The fourth-order valence-electron chi connectivity index (χ4n) is 1.77. The lowest BCUT2D eigenvalue weighted by Gasteiger charge is -2.26. The third kappa shape index (κ3) is 4.09. The van der Waals surface area contributed by atoms with Gasteiger partial charge in [0.1, 0.15) is 10.6 Å². The van der Waals surface area contributed by atoms with E-state index in [1.807, 2.05) is 20.8 Å². The first-order valence-corrected chi connectivity index (χ1v) is 7.69. The number of halogens is 1. The number of hydrogen-bond donors (Lipinski definition) is 0. The molecule has 0 aliphatic rings. The minimum absolute atomic E-state index is 0.0919. The van der Waals surface area contributed by atoms with Crippen LogP contribution in [0.3, 0.4) is 0 Å². The fourth-order valence-corrected chi connectivity index (χ4v) is 3.58. The number of nitrogens with zero attached hydrogens (tertiary/aromatic N) is 1. The minimum Gasteiger partial charge on any atom is -0.495 e. The van der Waals surface area contributed by atoms with E-state index in [2.05, 4.69) is 0 Å². The number of benzene rings is 1. The molecule has 0 heterocycles. The molecular formula is C13H20ClNO3S. The van der Waals surface area contributed by atoms with Crippen LogP contribution in [0.15, 0.2) is 23.1 Å². The summed E-state index contributed by atoms with van der Waals surface area (Å²) in [5, 5.41) is 0.364. The maximum atomic E-state index is 12.5. The molecule has 0 atom stereocenters. The topological polar surface area (TPSA) is 46.6 Å². The van der Waals surface area contributed by atoms with Gasteiger partial charge in [0.2, 0.25) is 10.0 Å². The van der Waals surface area contributed by atoms with Gasteiger partial charge in [-0.25, -0.2) is 12.7 Å². The van der Waals surface area contributed by atoms with Gasteiger partial charge in [0.25, 0.3) is 0 Å². The Kier molecular flexibility index (Phi) is 4.87. The normalized spacial score (nSPS) is 12.8. The maximum Gasteiger partial charge on any atom is 0.246 e. The molecule has 0 bridgehead atoms. The van der Waals surface area contributed by atoms with Gasteiger partial charge in [-0.05, 0) is 23.6 Å². The molecule has 0 unspecified atom stereocenters. The van der Waals surface area contributed by atoms with Crippen molar-refractivity contribution in [3.05, 3.63) is 23.2 Å². The minimum atomic E-state index is -3.61. The van der Waals surface area contributed by atoms with Crippen LogP contribution >= 0.6 is 11.6 Å². The highest BCUT2D eigenvalue weighted by Gasteiger charge is 2.28. The van der Waals surface area contributed by atoms with E-state index < -0.39 is 10.0 Å². The summed E-state index contributed by atoms with van der Waals surface area (Å²) in [7, 11) is -0.621. The zero-order valence-corrected chi connectivity index (χ0v) is 13.5. The van der Waals surface area contributed by atoms with Crippen molar-refractivity contribution in [2.45, 2.75) is 25.7 Å². The Bertz CT molecular complexity index is 549. The first-order valence-electron chi connectivity index (χ1n) is 5.88. The van der Waals surface area contributed by atoms with Crippen molar-refractivity contribution >= 4 is 21.6 Å². The Hall–Kier alpha value is -0.780. The van der Waals surface area contributed by atoms with Crippen molar-refractivity contribution in [3.63, 3.8) is 0 Å². The van der Waals surface area contributed by atoms with Gasteiger partial charge in [0.15, 0.2) is 0 Å². The highest BCUT2D eigenvalue weighted by atomic mass is 35.5. The van der Waals surface area contributed by atoms with Crippen LogP contribution < -0.4 is 4.74 Å². The Balaban J connectivity index is 3.23. The molecule has 0 fully saturated rings.